The first-order valence-electron chi connectivity index (χ1n) is 6.17. The lowest BCUT2D eigenvalue weighted by molar-refractivity contribution is -0.0447. The molecule has 2 rings (SSSR count). The zero-order valence-corrected chi connectivity index (χ0v) is 10.2. The van der Waals surface area contributed by atoms with E-state index in [1.54, 1.807) is 6.07 Å². The Morgan fingerprint density at radius 2 is 2.28 bits per heavy atom. The first-order chi connectivity index (χ1) is 8.78. The van der Waals surface area contributed by atoms with Crippen LogP contribution in [0.15, 0.2) is 18.2 Å². The summed E-state index contributed by atoms with van der Waals surface area (Å²) >= 11 is 0. The number of ether oxygens (including phenoxy) is 2. The fourth-order valence-electron chi connectivity index (χ4n) is 2.05. The third kappa shape index (κ3) is 3.80. The van der Waals surface area contributed by atoms with Crippen LogP contribution in [0.3, 0.4) is 0 Å². The lowest BCUT2D eigenvalue weighted by Gasteiger charge is -2.22. The molecule has 3 nitrogen and oxygen atoms in total. The van der Waals surface area contributed by atoms with E-state index in [-0.39, 0.29) is 6.10 Å². The second-order valence-electron chi connectivity index (χ2n) is 4.46. The normalized spacial score (nSPS) is 19.4. The summed E-state index contributed by atoms with van der Waals surface area (Å²) in [7, 11) is 0. The van der Waals surface area contributed by atoms with E-state index in [0.29, 0.717) is 24.3 Å². The minimum atomic E-state index is -0.401. The standard InChI is InChI=1S/C14H16FNO2/c15-13-6-11(8-16)5-12(7-13)9-17-10-14-3-1-2-4-18-14/h5-7,14H,1-4,9-10H2. The molecule has 18 heavy (non-hydrogen) atoms. The zero-order valence-electron chi connectivity index (χ0n) is 10.2. The van der Waals surface area contributed by atoms with Gasteiger partial charge in [0.05, 0.1) is 31.0 Å². The maximum absolute atomic E-state index is 13.2. The number of nitriles is 1. The summed E-state index contributed by atoms with van der Waals surface area (Å²) in [6, 6.07) is 6.18. The molecule has 0 radical (unpaired) electrons. The van der Waals surface area contributed by atoms with Gasteiger partial charge in [0.2, 0.25) is 0 Å². The molecular formula is C14H16FNO2. The van der Waals surface area contributed by atoms with Crippen molar-refractivity contribution in [2.75, 3.05) is 13.2 Å². The van der Waals surface area contributed by atoms with E-state index >= 15 is 0 Å². The maximum atomic E-state index is 13.2. The van der Waals surface area contributed by atoms with Crippen molar-refractivity contribution in [1.82, 2.24) is 0 Å². The summed E-state index contributed by atoms with van der Waals surface area (Å²) < 4.78 is 24.2. The van der Waals surface area contributed by atoms with Crippen LogP contribution in [0.1, 0.15) is 30.4 Å². The summed E-state index contributed by atoms with van der Waals surface area (Å²) in [5.41, 5.74) is 1.00. The first-order valence-corrected chi connectivity index (χ1v) is 6.17. The number of rotatable bonds is 4. The van der Waals surface area contributed by atoms with Crippen LogP contribution in [-0.2, 0) is 16.1 Å². The largest absolute Gasteiger partial charge is 0.376 e. The van der Waals surface area contributed by atoms with Crippen LogP contribution in [-0.4, -0.2) is 19.3 Å². The lowest BCUT2D eigenvalue weighted by Crippen LogP contribution is -2.24. The van der Waals surface area contributed by atoms with Crippen LogP contribution in [0.4, 0.5) is 4.39 Å². The van der Waals surface area contributed by atoms with Gasteiger partial charge in [-0.2, -0.15) is 5.26 Å². The molecule has 0 saturated carbocycles. The Bertz CT molecular complexity index is 436. The van der Waals surface area contributed by atoms with Crippen molar-refractivity contribution in [2.24, 2.45) is 0 Å². The smallest absolute Gasteiger partial charge is 0.124 e. The Kier molecular flexibility index (Phi) is 4.68. The van der Waals surface area contributed by atoms with Crippen LogP contribution in [0, 0.1) is 17.1 Å². The van der Waals surface area contributed by atoms with Crippen molar-refractivity contribution in [3.8, 4) is 6.07 Å². The highest BCUT2D eigenvalue weighted by Crippen LogP contribution is 2.14. The van der Waals surface area contributed by atoms with Crippen LogP contribution >= 0.6 is 0 Å². The third-order valence-electron chi connectivity index (χ3n) is 2.93. The highest BCUT2D eigenvalue weighted by molar-refractivity contribution is 5.33. The zero-order chi connectivity index (χ0) is 12.8. The minimum Gasteiger partial charge on any atom is -0.376 e. The average molecular weight is 249 g/mol. The van der Waals surface area contributed by atoms with Gasteiger partial charge in [0.1, 0.15) is 5.82 Å². The Morgan fingerprint density at radius 1 is 1.39 bits per heavy atom. The minimum absolute atomic E-state index is 0.155. The van der Waals surface area contributed by atoms with Crippen molar-refractivity contribution in [2.45, 2.75) is 32.0 Å². The fourth-order valence-corrected chi connectivity index (χ4v) is 2.05. The van der Waals surface area contributed by atoms with Gasteiger partial charge in [0, 0.05) is 6.61 Å². The Hall–Kier alpha value is -1.44. The molecular weight excluding hydrogens is 233 g/mol. The molecule has 1 aliphatic heterocycles. The molecule has 0 aromatic heterocycles. The van der Waals surface area contributed by atoms with Crippen molar-refractivity contribution >= 4 is 0 Å². The Morgan fingerprint density at radius 3 is 3.00 bits per heavy atom. The van der Waals surface area contributed by atoms with Crippen molar-refractivity contribution in [1.29, 1.82) is 5.26 Å². The number of halogens is 1. The van der Waals surface area contributed by atoms with Crippen LogP contribution in [0.25, 0.3) is 0 Å². The summed E-state index contributed by atoms with van der Waals surface area (Å²) in [5.74, 6) is -0.401. The predicted molar refractivity (Wildman–Crippen MR) is 64.4 cm³/mol. The predicted octanol–water partition coefficient (Wildman–Crippen LogP) is 2.78. The molecule has 0 aliphatic carbocycles. The van der Waals surface area contributed by atoms with Gasteiger partial charge in [0.25, 0.3) is 0 Å². The van der Waals surface area contributed by atoms with Gasteiger partial charge in [-0.25, -0.2) is 4.39 Å². The first kappa shape index (κ1) is 13.0. The van der Waals surface area contributed by atoms with Gasteiger partial charge in [-0.1, -0.05) is 0 Å². The highest BCUT2D eigenvalue weighted by Gasteiger charge is 2.13. The van der Waals surface area contributed by atoms with E-state index in [2.05, 4.69) is 0 Å². The highest BCUT2D eigenvalue weighted by atomic mass is 19.1. The summed E-state index contributed by atoms with van der Waals surface area (Å²) in [6.07, 6.45) is 3.47. The van der Waals surface area contributed by atoms with E-state index < -0.39 is 5.82 Å². The molecule has 1 heterocycles. The molecule has 0 N–H and O–H groups in total. The van der Waals surface area contributed by atoms with E-state index in [1.807, 2.05) is 6.07 Å². The molecule has 1 unspecified atom stereocenters. The molecule has 1 aromatic carbocycles. The second kappa shape index (κ2) is 6.48. The van der Waals surface area contributed by atoms with Gasteiger partial charge in [0.15, 0.2) is 0 Å². The fraction of sp³-hybridized carbons (Fsp3) is 0.500. The molecule has 1 aliphatic rings. The van der Waals surface area contributed by atoms with Gasteiger partial charge in [-0.3, -0.25) is 0 Å². The number of benzene rings is 1. The summed E-state index contributed by atoms with van der Waals surface area (Å²) in [6.45, 7) is 1.64. The summed E-state index contributed by atoms with van der Waals surface area (Å²) in [5, 5.41) is 8.74. The van der Waals surface area contributed by atoms with Gasteiger partial charge < -0.3 is 9.47 Å². The average Bonchev–Trinajstić information content (AvgIpc) is 2.39. The van der Waals surface area contributed by atoms with Crippen LogP contribution < -0.4 is 0 Å². The van der Waals surface area contributed by atoms with E-state index in [4.69, 9.17) is 14.7 Å². The molecule has 1 atom stereocenters. The maximum Gasteiger partial charge on any atom is 0.124 e. The molecule has 0 amide bonds. The number of hydrogen-bond acceptors (Lipinski definition) is 3. The van der Waals surface area contributed by atoms with Gasteiger partial charge >= 0.3 is 0 Å². The van der Waals surface area contributed by atoms with Crippen LogP contribution in [0.2, 0.25) is 0 Å². The lowest BCUT2D eigenvalue weighted by atomic mass is 10.1. The Balaban J connectivity index is 1.82. The molecule has 1 saturated heterocycles. The van der Waals surface area contributed by atoms with Crippen molar-refractivity contribution in [3.63, 3.8) is 0 Å². The van der Waals surface area contributed by atoms with Crippen LogP contribution in [0.5, 0.6) is 0 Å². The molecule has 1 fully saturated rings. The van der Waals surface area contributed by atoms with E-state index in [9.17, 15) is 4.39 Å². The quantitative estimate of drug-likeness (QED) is 0.824. The van der Waals surface area contributed by atoms with E-state index in [0.717, 1.165) is 19.4 Å². The molecule has 1 aromatic rings. The molecule has 4 heteroatoms. The SMILES string of the molecule is N#Cc1cc(F)cc(COCC2CCCCO2)c1. The molecule has 96 valence electrons. The second-order valence-corrected chi connectivity index (χ2v) is 4.46. The van der Waals surface area contributed by atoms with E-state index in [1.165, 1.54) is 18.6 Å². The van der Waals surface area contributed by atoms with Crippen molar-refractivity contribution < 1.29 is 13.9 Å². The van der Waals surface area contributed by atoms with Gasteiger partial charge in [-0.15, -0.1) is 0 Å². The van der Waals surface area contributed by atoms with Gasteiger partial charge in [-0.05, 0) is 43.0 Å². The number of hydrogen-bond donors (Lipinski definition) is 0. The third-order valence-corrected chi connectivity index (χ3v) is 2.93. The number of nitrogens with zero attached hydrogens (tertiary/aromatic N) is 1. The summed E-state index contributed by atoms with van der Waals surface area (Å²) in [4.78, 5) is 0. The monoisotopic (exact) mass is 249 g/mol. The van der Waals surface area contributed by atoms with Crippen molar-refractivity contribution in [3.05, 3.63) is 35.1 Å². The topological polar surface area (TPSA) is 42.2 Å². The molecule has 0 spiro atoms. The Labute approximate surface area is 106 Å². The molecule has 0 bridgehead atoms.